The lowest BCUT2D eigenvalue weighted by Crippen LogP contribution is -2.43. The number of rotatable bonds is 4. The highest BCUT2D eigenvalue weighted by Crippen LogP contribution is 2.30. The van der Waals surface area contributed by atoms with Gasteiger partial charge in [0.05, 0.1) is 10.7 Å². The fourth-order valence-corrected chi connectivity index (χ4v) is 3.56. The van der Waals surface area contributed by atoms with E-state index in [-0.39, 0.29) is 5.54 Å². The molecule has 20 heavy (non-hydrogen) atoms. The summed E-state index contributed by atoms with van der Waals surface area (Å²) in [6, 6.07) is 7.85. The molecule has 5 heteroatoms. The second-order valence-electron chi connectivity index (χ2n) is 5.46. The molecule has 0 saturated carbocycles. The van der Waals surface area contributed by atoms with Gasteiger partial charge in [-0.25, -0.2) is 4.98 Å². The minimum absolute atomic E-state index is 0.189. The van der Waals surface area contributed by atoms with E-state index in [2.05, 4.69) is 27.9 Å². The molecule has 0 bridgehead atoms. The van der Waals surface area contributed by atoms with Crippen LogP contribution < -0.4 is 10.6 Å². The van der Waals surface area contributed by atoms with Gasteiger partial charge in [-0.05, 0) is 26.0 Å². The first kappa shape index (κ1) is 14.0. The third-order valence-corrected chi connectivity index (χ3v) is 4.97. The number of nitrogens with one attached hydrogen (secondary N) is 2. The van der Waals surface area contributed by atoms with Crippen LogP contribution in [0.2, 0.25) is 5.02 Å². The van der Waals surface area contributed by atoms with E-state index in [1.54, 1.807) is 11.3 Å². The molecule has 3 nitrogen and oxygen atoms in total. The van der Waals surface area contributed by atoms with E-state index in [0.29, 0.717) is 0 Å². The van der Waals surface area contributed by atoms with Gasteiger partial charge >= 0.3 is 0 Å². The van der Waals surface area contributed by atoms with Crippen molar-refractivity contribution in [3.63, 3.8) is 0 Å². The fourth-order valence-electron chi connectivity index (χ4n) is 2.42. The number of aromatic nitrogens is 1. The molecule has 2 N–H and O–H groups in total. The highest BCUT2D eigenvalue weighted by molar-refractivity contribution is 7.13. The monoisotopic (exact) mass is 307 g/mol. The Hall–Kier alpha value is -0.940. The first-order chi connectivity index (χ1) is 9.66. The van der Waals surface area contributed by atoms with Crippen molar-refractivity contribution in [3.05, 3.63) is 40.4 Å². The maximum Gasteiger partial charge on any atom is 0.125 e. The van der Waals surface area contributed by atoms with Gasteiger partial charge in [0.1, 0.15) is 5.01 Å². The minimum Gasteiger partial charge on any atom is -0.315 e. The minimum atomic E-state index is 0.189. The summed E-state index contributed by atoms with van der Waals surface area (Å²) in [5, 5.41) is 10.8. The molecule has 1 atom stereocenters. The predicted molar refractivity (Wildman–Crippen MR) is 85.3 cm³/mol. The average molecular weight is 308 g/mol. The van der Waals surface area contributed by atoms with Crippen molar-refractivity contribution in [2.75, 3.05) is 13.1 Å². The van der Waals surface area contributed by atoms with Crippen molar-refractivity contribution < 1.29 is 0 Å². The summed E-state index contributed by atoms with van der Waals surface area (Å²) in [6.07, 6.45) is 1.16. The number of hydrogen-bond donors (Lipinski definition) is 2. The topological polar surface area (TPSA) is 37.0 Å². The first-order valence-corrected chi connectivity index (χ1v) is 8.07. The smallest absolute Gasteiger partial charge is 0.125 e. The summed E-state index contributed by atoms with van der Waals surface area (Å²) in [7, 11) is 0. The summed E-state index contributed by atoms with van der Waals surface area (Å²) in [5.74, 6) is 0. The number of nitrogens with zero attached hydrogens (tertiary/aromatic N) is 1. The van der Waals surface area contributed by atoms with Crippen LogP contribution in [-0.4, -0.2) is 23.6 Å². The molecule has 106 valence electrons. The van der Waals surface area contributed by atoms with Gasteiger partial charge in [0.15, 0.2) is 0 Å². The average Bonchev–Trinajstić information content (AvgIpc) is 3.07. The quantitative estimate of drug-likeness (QED) is 0.910. The molecule has 2 heterocycles. The first-order valence-electron chi connectivity index (χ1n) is 6.81. The van der Waals surface area contributed by atoms with Crippen molar-refractivity contribution in [3.8, 4) is 10.6 Å². The number of hydrogen-bond acceptors (Lipinski definition) is 4. The van der Waals surface area contributed by atoms with Gasteiger partial charge in [-0.2, -0.15) is 0 Å². The van der Waals surface area contributed by atoms with Crippen molar-refractivity contribution in [2.24, 2.45) is 0 Å². The molecular formula is C15H18ClN3S. The summed E-state index contributed by atoms with van der Waals surface area (Å²) < 4.78 is 0. The van der Waals surface area contributed by atoms with E-state index in [1.165, 1.54) is 0 Å². The van der Waals surface area contributed by atoms with Crippen LogP contribution >= 0.6 is 22.9 Å². The van der Waals surface area contributed by atoms with Crippen LogP contribution in [-0.2, 0) is 6.54 Å². The zero-order valence-corrected chi connectivity index (χ0v) is 13.0. The Kier molecular flexibility index (Phi) is 4.08. The molecule has 0 aliphatic carbocycles. The molecule has 2 aromatic rings. The lowest BCUT2D eigenvalue weighted by Gasteiger charge is -2.23. The summed E-state index contributed by atoms with van der Waals surface area (Å²) in [6.45, 7) is 5.17. The SMILES string of the molecule is CC1(NCc2csc(-c3ccccc3Cl)n2)CCNC1. The van der Waals surface area contributed by atoms with Gasteiger partial charge in [-0.15, -0.1) is 11.3 Å². The van der Waals surface area contributed by atoms with Crippen LogP contribution in [0.15, 0.2) is 29.6 Å². The Morgan fingerprint density at radius 2 is 2.30 bits per heavy atom. The molecule has 1 saturated heterocycles. The van der Waals surface area contributed by atoms with Crippen LogP contribution in [0.4, 0.5) is 0 Å². The van der Waals surface area contributed by atoms with Gasteiger partial charge in [-0.3, -0.25) is 0 Å². The van der Waals surface area contributed by atoms with Gasteiger partial charge < -0.3 is 10.6 Å². The number of halogens is 1. The predicted octanol–water partition coefficient (Wildman–Crippen LogP) is 3.31. The molecule has 0 spiro atoms. The largest absolute Gasteiger partial charge is 0.315 e. The van der Waals surface area contributed by atoms with Crippen molar-refractivity contribution in [1.29, 1.82) is 0 Å². The highest BCUT2D eigenvalue weighted by Gasteiger charge is 2.27. The molecule has 3 rings (SSSR count). The van der Waals surface area contributed by atoms with Crippen molar-refractivity contribution >= 4 is 22.9 Å². The second-order valence-corrected chi connectivity index (χ2v) is 6.73. The summed E-state index contributed by atoms with van der Waals surface area (Å²) in [4.78, 5) is 4.68. The van der Waals surface area contributed by atoms with Gasteiger partial charge in [0.25, 0.3) is 0 Å². The summed E-state index contributed by atoms with van der Waals surface area (Å²) >= 11 is 7.86. The molecule has 1 fully saturated rings. The third-order valence-electron chi connectivity index (χ3n) is 3.72. The second kappa shape index (κ2) is 5.82. The van der Waals surface area contributed by atoms with Gasteiger partial charge in [-0.1, -0.05) is 29.8 Å². The van der Waals surface area contributed by atoms with Crippen LogP contribution in [0.3, 0.4) is 0 Å². The highest BCUT2D eigenvalue weighted by atomic mass is 35.5. The van der Waals surface area contributed by atoms with E-state index in [1.807, 2.05) is 24.3 Å². The van der Waals surface area contributed by atoms with E-state index in [9.17, 15) is 0 Å². The standard InChI is InChI=1S/C15H18ClN3S/c1-15(6-7-17-10-15)18-8-11-9-20-14(19-11)12-4-2-3-5-13(12)16/h2-5,9,17-18H,6-8,10H2,1H3. The van der Waals surface area contributed by atoms with Crippen molar-refractivity contribution in [1.82, 2.24) is 15.6 Å². The van der Waals surface area contributed by atoms with Crippen LogP contribution in [0, 0.1) is 0 Å². The molecule has 1 aliphatic rings. The number of thiazole rings is 1. The maximum atomic E-state index is 6.21. The van der Waals surface area contributed by atoms with Crippen LogP contribution in [0.25, 0.3) is 10.6 Å². The Morgan fingerprint density at radius 1 is 1.45 bits per heavy atom. The van der Waals surface area contributed by atoms with Crippen molar-refractivity contribution in [2.45, 2.75) is 25.4 Å². The molecule has 1 aromatic heterocycles. The molecule has 1 unspecified atom stereocenters. The van der Waals surface area contributed by atoms with Crippen LogP contribution in [0.1, 0.15) is 19.0 Å². The Morgan fingerprint density at radius 3 is 3.05 bits per heavy atom. The third kappa shape index (κ3) is 3.04. The van der Waals surface area contributed by atoms with Gasteiger partial charge in [0.2, 0.25) is 0 Å². The van der Waals surface area contributed by atoms with E-state index < -0.39 is 0 Å². The molecule has 0 amide bonds. The van der Waals surface area contributed by atoms with E-state index in [0.717, 1.165) is 47.3 Å². The molecular weight excluding hydrogens is 290 g/mol. The van der Waals surface area contributed by atoms with E-state index in [4.69, 9.17) is 11.6 Å². The fraction of sp³-hybridized carbons (Fsp3) is 0.400. The Bertz CT molecular complexity index is 590. The Balaban J connectivity index is 1.70. The Labute approximate surface area is 128 Å². The van der Waals surface area contributed by atoms with Crippen LogP contribution in [0.5, 0.6) is 0 Å². The summed E-state index contributed by atoms with van der Waals surface area (Å²) in [5.41, 5.74) is 2.28. The zero-order chi connectivity index (χ0) is 14.0. The lowest BCUT2D eigenvalue weighted by molar-refractivity contribution is 0.384. The zero-order valence-electron chi connectivity index (χ0n) is 11.4. The maximum absolute atomic E-state index is 6.21. The molecule has 0 radical (unpaired) electrons. The van der Waals surface area contributed by atoms with E-state index >= 15 is 0 Å². The van der Waals surface area contributed by atoms with Gasteiger partial charge in [0, 0.05) is 29.6 Å². The number of benzene rings is 1. The normalized spacial score (nSPS) is 22.3. The molecule has 1 aromatic carbocycles. The molecule has 1 aliphatic heterocycles. The lowest BCUT2D eigenvalue weighted by atomic mass is 10.0.